The molecule has 6 heteroatoms. The molecule has 0 bridgehead atoms. The first-order valence-corrected chi connectivity index (χ1v) is 6.18. The van der Waals surface area contributed by atoms with Gasteiger partial charge in [-0.3, -0.25) is 9.78 Å². The highest BCUT2D eigenvalue weighted by molar-refractivity contribution is 7.16. The van der Waals surface area contributed by atoms with Gasteiger partial charge in [-0.25, -0.2) is 4.98 Å². The van der Waals surface area contributed by atoms with Crippen LogP contribution in [0.15, 0.2) is 30.7 Å². The van der Waals surface area contributed by atoms with E-state index >= 15 is 0 Å². The molecule has 1 amide bonds. The van der Waals surface area contributed by atoms with Gasteiger partial charge in [0, 0.05) is 17.3 Å². The number of nitrogens with one attached hydrogen (secondary N) is 1. The second kappa shape index (κ2) is 5.25. The van der Waals surface area contributed by atoms with Gasteiger partial charge in [0.25, 0.3) is 5.91 Å². The number of carbonyl (C=O) groups is 1. The highest BCUT2D eigenvalue weighted by atomic mass is 35.5. The molecule has 2 aromatic heterocycles. The van der Waals surface area contributed by atoms with Crippen molar-refractivity contribution in [2.24, 2.45) is 0 Å². The molecule has 1 N–H and O–H groups in total. The van der Waals surface area contributed by atoms with Crippen molar-refractivity contribution < 1.29 is 4.79 Å². The van der Waals surface area contributed by atoms with Crippen LogP contribution in [0.2, 0.25) is 4.34 Å². The zero-order valence-corrected chi connectivity index (χ0v) is 10.6. The molecule has 0 aliphatic heterocycles. The summed E-state index contributed by atoms with van der Waals surface area (Å²) >= 11 is 7.29. The van der Waals surface area contributed by atoms with Gasteiger partial charge >= 0.3 is 0 Å². The minimum atomic E-state index is -0.241. The second-order valence-corrected chi connectivity index (χ2v) is 5.17. The number of halogens is 1. The molecule has 0 saturated carbocycles. The van der Waals surface area contributed by atoms with Gasteiger partial charge in [-0.05, 0) is 19.1 Å². The number of carbonyl (C=O) groups excluding carboxylic acids is 1. The highest BCUT2D eigenvalue weighted by Gasteiger charge is 2.13. The van der Waals surface area contributed by atoms with Crippen LogP contribution in [0, 0.1) is 0 Å². The van der Waals surface area contributed by atoms with Gasteiger partial charge < -0.3 is 5.32 Å². The fourth-order valence-electron chi connectivity index (χ4n) is 1.32. The third-order valence-electron chi connectivity index (χ3n) is 2.16. The number of rotatable bonds is 3. The summed E-state index contributed by atoms with van der Waals surface area (Å²) in [6, 6.07) is 3.61. The van der Waals surface area contributed by atoms with Crippen LogP contribution >= 0.6 is 22.9 Å². The molecule has 0 aliphatic carbocycles. The fourth-order valence-corrected chi connectivity index (χ4v) is 2.38. The Kier molecular flexibility index (Phi) is 3.71. The Bertz CT molecular complexity index is 514. The van der Waals surface area contributed by atoms with E-state index in [9.17, 15) is 4.79 Å². The van der Waals surface area contributed by atoms with Crippen LogP contribution in [0.25, 0.3) is 0 Å². The van der Waals surface area contributed by atoms with Crippen LogP contribution in [-0.4, -0.2) is 15.9 Å². The van der Waals surface area contributed by atoms with Crippen molar-refractivity contribution in [3.8, 4) is 0 Å². The van der Waals surface area contributed by atoms with Gasteiger partial charge in [0.1, 0.15) is 5.69 Å². The Morgan fingerprint density at radius 3 is 2.88 bits per heavy atom. The van der Waals surface area contributed by atoms with Crippen molar-refractivity contribution in [2.75, 3.05) is 0 Å². The van der Waals surface area contributed by atoms with E-state index in [2.05, 4.69) is 15.3 Å². The van der Waals surface area contributed by atoms with Crippen molar-refractivity contribution >= 4 is 28.8 Å². The smallest absolute Gasteiger partial charge is 0.271 e. The molecule has 0 fully saturated rings. The maximum atomic E-state index is 11.8. The largest absolute Gasteiger partial charge is 0.343 e. The van der Waals surface area contributed by atoms with Gasteiger partial charge in [-0.15, -0.1) is 11.3 Å². The average molecular weight is 268 g/mol. The minimum absolute atomic E-state index is 0.0954. The summed E-state index contributed by atoms with van der Waals surface area (Å²) in [7, 11) is 0. The van der Waals surface area contributed by atoms with E-state index < -0.39 is 0 Å². The summed E-state index contributed by atoms with van der Waals surface area (Å²) in [5, 5.41) is 2.84. The SMILES string of the molecule is C[C@@H](NC(=O)c1cnccn1)c1ccc(Cl)s1. The van der Waals surface area contributed by atoms with Crippen molar-refractivity contribution in [3.63, 3.8) is 0 Å². The molecular formula is C11H10ClN3OS. The molecule has 0 spiro atoms. The van der Waals surface area contributed by atoms with E-state index in [1.54, 1.807) is 0 Å². The van der Waals surface area contributed by atoms with Crippen molar-refractivity contribution in [3.05, 3.63) is 45.6 Å². The van der Waals surface area contributed by atoms with Gasteiger partial charge in [-0.2, -0.15) is 0 Å². The zero-order chi connectivity index (χ0) is 12.3. The number of nitrogens with zero attached hydrogens (tertiary/aromatic N) is 2. The Labute approximate surface area is 108 Å². The van der Waals surface area contributed by atoms with Crippen LogP contribution in [0.1, 0.15) is 28.3 Å². The Hall–Kier alpha value is -1.46. The second-order valence-electron chi connectivity index (χ2n) is 3.43. The van der Waals surface area contributed by atoms with Gasteiger partial charge in [-0.1, -0.05) is 11.6 Å². The Morgan fingerprint density at radius 2 is 2.29 bits per heavy atom. The van der Waals surface area contributed by atoms with E-state index in [-0.39, 0.29) is 11.9 Å². The lowest BCUT2D eigenvalue weighted by Gasteiger charge is -2.11. The first kappa shape index (κ1) is 12.0. The monoisotopic (exact) mass is 267 g/mol. The molecule has 0 saturated heterocycles. The van der Waals surface area contributed by atoms with E-state index in [1.165, 1.54) is 29.9 Å². The van der Waals surface area contributed by atoms with E-state index in [0.29, 0.717) is 10.0 Å². The molecule has 0 unspecified atom stereocenters. The van der Waals surface area contributed by atoms with E-state index in [0.717, 1.165) is 4.88 Å². The molecule has 0 aromatic carbocycles. The molecule has 1 atom stereocenters. The van der Waals surface area contributed by atoms with Crippen molar-refractivity contribution in [2.45, 2.75) is 13.0 Å². The summed E-state index contributed by atoms with van der Waals surface area (Å²) < 4.78 is 0.709. The number of amides is 1. The van der Waals surface area contributed by atoms with Crippen molar-refractivity contribution in [1.82, 2.24) is 15.3 Å². The lowest BCUT2D eigenvalue weighted by molar-refractivity contribution is 0.0935. The average Bonchev–Trinajstić information content (AvgIpc) is 2.77. The topological polar surface area (TPSA) is 54.9 Å². The Morgan fingerprint density at radius 1 is 1.47 bits per heavy atom. The summed E-state index contributed by atoms with van der Waals surface area (Å²) in [5.74, 6) is -0.241. The van der Waals surface area contributed by atoms with Crippen LogP contribution in [0.4, 0.5) is 0 Å². The molecule has 4 nitrogen and oxygen atoms in total. The number of hydrogen-bond donors (Lipinski definition) is 1. The molecule has 17 heavy (non-hydrogen) atoms. The molecular weight excluding hydrogens is 258 g/mol. The van der Waals surface area contributed by atoms with Gasteiger partial charge in [0.15, 0.2) is 0 Å². The molecule has 0 radical (unpaired) electrons. The zero-order valence-electron chi connectivity index (χ0n) is 9.05. The standard InChI is InChI=1S/C11H10ClN3OS/c1-7(9-2-3-10(12)17-9)15-11(16)8-6-13-4-5-14-8/h2-7H,1H3,(H,15,16)/t7-/m1/s1. The maximum Gasteiger partial charge on any atom is 0.271 e. The summed E-state index contributed by atoms with van der Waals surface area (Å²) in [6.45, 7) is 1.90. The first-order valence-electron chi connectivity index (χ1n) is 4.99. The Balaban J connectivity index is 2.04. The van der Waals surface area contributed by atoms with Crippen LogP contribution in [0.3, 0.4) is 0 Å². The van der Waals surface area contributed by atoms with Gasteiger partial charge in [0.05, 0.1) is 16.6 Å². The lowest BCUT2D eigenvalue weighted by atomic mass is 10.2. The van der Waals surface area contributed by atoms with Crippen LogP contribution < -0.4 is 5.32 Å². The molecule has 2 aromatic rings. The fraction of sp³-hybridized carbons (Fsp3) is 0.182. The number of hydrogen-bond acceptors (Lipinski definition) is 4. The van der Waals surface area contributed by atoms with E-state index in [1.807, 2.05) is 19.1 Å². The third kappa shape index (κ3) is 3.01. The van der Waals surface area contributed by atoms with Gasteiger partial charge in [0.2, 0.25) is 0 Å². The highest BCUT2D eigenvalue weighted by Crippen LogP contribution is 2.26. The van der Waals surface area contributed by atoms with Crippen LogP contribution in [0.5, 0.6) is 0 Å². The molecule has 2 rings (SSSR count). The summed E-state index contributed by atoms with van der Waals surface area (Å²) in [4.78, 5) is 20.6. The maximum absolute atomic E-state index is 11.8. The minimum Gasteiger partial charge on any atom is -0.343 e. The number of thiophene rings is 1. The third-order valence-corrected chi connectivity index (χ3v) is 3.58. The number of aromatic nitrogens is 2. The lowest BCUT2D eigenvalue weighted by Crippen LogP contribution is -2.26. The van der Waals surface area contributed by atoms with Crippen LogP contribution in [-0.2, 0) is 0 Å². The predicted molar refractivity (Wildman–Crippen MR) is 67.2 cm³/mol. The molecule has 0 aliphatic rings. The summed E-state index contributed by atoms with van der Waals surface area (Å²) in [6.07, 6.45) is 4.45. The molecule has 2 heterocycles. The first-order chi connectivity index (χ1) is 8.16. The normalized spacial score (nSPS) is 12.1. The van der Waals surface area contributed by atoms with Crippen molar-refractivity contribution in [1.29, 1.82) is 0 Å². The summed E-state index contributed by atoms with van der Waals surface area (Å²) in [5.41, 5.74) is 0.307. The predicted octanol–water partition coefficient (Wildman–Crippen LogP) is 2.68. The van der Waals surface area contributed by atoms with E-state index in [4.69, 9.17) is 11.6 Å². The molecule has 88 valence electrons. The quantitative estimate of drug-likeness (QED) is 0.930.